The van der Waals surface area contributed by atoms with E-state index >= 15 is 0 Å². The molecule has 1 aromatic carbocycles. The smallest absolute Gasteiger partial charge is 0.128 e. The molecule has 0 saturated heterocycles. The van der Waals surface area contributed by atoms with Crippen LogP contribution in [-0.4, -0.2) is 12.0 Å². The first-order valence-corrected chi connectivity index (χ1v) is 6.13. The Morgan fingerprint density at radius 1 is 1.22 bits per heavy atom. The van der Waals surface area contributed by atoms with Crippen LogP contribution in [0.25, 0.3) is 0 Å². The molecule has 1 atom stereocenters. The third kappa shape index (κ3) is 3.08. The molecule has 1 heterocycles. The SMILES string of the molecule is C[C@@H](N)c1ccnc(N(C)Cc2ccccc2)c1. The maximum Gasteiger partial charge on any atom is 0.128 e. The number of hydrogen-bond donors (Lipinski definition) is 1. The standard InChI is InChI=1S/C15H19N3/c1-12(16)14-8-9-17-15(10-14)18(2)11-13-6-4-3-5-7-13/h3-10,12H,11,16H2,1-2H3/t12-/m1/s1. The zero-order valence-electron chi connectivity index (χ0n) is 10.9. The normalized spacial score (nSPS) is 12.2. The minimum atomic E-state index is 0.0388. The van der Waals surface area contributed by atoms with Crippen molar-refractivity contribution in [2.75, 3.05) is 11.9 Å². The summed E-state index contributed by atoms with van der Waals surface area (Å²) in [5, 5.41) is 0. The molecule has 2 rings (SSSR count). The average molecular weight is 241 g/mol. The molecular weight excluding hydrogens is 222 g/mol. The lowest BCUT2D eigenvalue weighted by atomic mass is 10.1. The fourth-order valence-corrected chi connectivity index (χ4v) is 1.86. The first-order chi connectivity index (χ1) is 8.66. The third-order valence-electron chi connectivity index (χ3n) is 2.95. The van der Waals surface area contributed by atoms with Gasteiger partial charge in [-0.2, -0.15) is 0 Å². The summed E-state index contributed by atoms with van der Waals surface area (Å²) in [5.74, 6) is 0.952. The Labute approximate surface area is 108 Å². The quantitative estimate of drug-likeness (QED) is 0.895. The van der Waals surface area contributed by atoms with Crippen molar-refractivity contribution in [2.24, 2.45) is 5.73 Å². The summed E-state index contributed by atoms with van der Waals surface area (Å²) in [5.41, 5.74) is 8.27. The molecule has 0 aliphatic heterocycles. The molecule has 18 heavy (non-hydrogen) atoms. The van der Waals surface area contributed by atoms with Crippen molar-refractivity contribution in [2.45, 2.75) is 19.5 Å². The Bertz CT molecular complexity index is 494. The van der Waals surface area contributed by atoms with Gasteiger partial charge >= 0.3 is 0 Å². The van der Waals surface area contributed by atoms with Crippen molar-refractivity contribution in [3.8, 4) is 0 Å². The molecule has 0 aliphatic rings. The second-order valence-corrected chi connectivity index (χ2v) is 4.58. The Balaban J connectivity index is 2.14. The van der Waals surface area contributed by atoms with E-state index in [9.17, 15) is 0 Å². The lowest BCUT2D eigenvalue weighted by Crippen LogP contribution is -2.18. The second kappa shape index (κ2) is 5.65. The average Bonchev–Trinajstić information content (AvgIpc) is 2.40. The molecule has 94 valence electrons. The molecule has 0 amide bonds. The van der Waals surface area contributed by atoms with E-state index in [1.165, 1.54) is 5.56 Å². The Morgan fingerprint density at radius 2 is 1.94 bits per heavy atom. The van der Waals surface area contributed by atoms with Crippen molar-refractivity contribution in [1.82, 2.24) is 4.98 Å². The lowest BCUT2D eigenvalue weighted by Gasteiger charge is -2.19. The van der Waals surface area contributed by atoms with Gasteiger partial charge in [0.15, 0.2) is 0 Å². The van der Waals surface area contributed by atoms with Gasteiger partial charge in [-0.05, 0) is 30.2 Å². The number of nitrogens with two attached hydrogens (primary N) is 1. The van der Waals surface area contributed by atoms with E-state index < -0.39 is 0 Å². The van der Waals surface area contributed by atoms with Crippen molar-refractivity contribution >= 4 is 5.82 Å². The van der Waals surface area contributed by atoms with Crippen LogP contribution in [0.3, 0.4) is 0 Å². The number of aromatic nitrogens is 1. The highest BCUT2D eigenvalue weighted by Gasteiger charge is 2.06. The Kier molecular flexibility index (Phi) is 3.95. The fraction of sp³-hybridized carbons (Fsp3) is 0.267. The van der Waals surface area contributed by atoms with Crippen LogP contribution in [0.1, 0.15) is 24.1 Å². The molecule has 0 bridgehead atoms. The molecule has 0 radical (unpaired) electrons. The molecule has 0 fully saturated rings. The third-order valence-corrected chi connectivity index (χ3v) is 2.95. The highest BCUT2D eigenvalue weighted by molar-refractivity contribution is 5.41. The highest BCUT2D eigenvalue weighted by Crippen LogP contribution is 2.17. The molecular formula is C15H19N3. The topological polar surface area (TPSA) is 42.1 Å². The fourth-order valence-electron chi connectivity index (χ4n) is 1.86. The monoisotopic (exact) mass is 241 g/mol. The van der Waals surface area contributed by atoms with Crippen molar-refractivity contribution in [3.05, 3.63) is 59.8 Å². The van der Waals surface area contributed by atoms with Crippen LogP contribution >= 0.6 is 0 Å². The Morgan fingerprint density at radius 3 is 2.61 bits per heavy atom. The van der Waals surface area contributed by atoms with Gasteiger partial charge in [-0.25, -0.2) is 4.98 Å². The van der Waals surface area contributed by atoms with E-state index in [0.717, 1.165) is 17.9 Å². The van der Waals surface area contributed by atoms with Gasteiger partial charge in [-0.15, -0.1) is 0 Å². The van der Waals surface area contributed by atoms with Gasteiger partial charge in [0.25, 0.3) is 0 Å². The summed E-state index contributed by atoms with van der Waals surface area (Å²) in [6, 6.07) is 14.4. The maximum absolute atomic E-state index is 5.89. The van der Waals surface area contributed by atoms with Crippen molar-refractivity contribution < 1.29 is 0 Å². The number of hydrogen-bond acceptors (Lipinski definition) is 3. The van der Waals surface area contributed by atoms with Gasteiger partial charge in [-0.3, -0.25) is 0 Å². The zero-order chi connectivity index (χ0) is 13.0. The molecule has 3 nitrogen and oxygen atoms in total. The first kappa shape index (κ1) is 12.6. The van der Waals surface area contributed by atoms with Crippen LogP contribution < -0.4 is 10.6 Å². The predicted octanol–water partition coefficient (Wildman–Crippen LogP) is 2.74. The van der Waals surface area contributed by atoms with Gasteiger partial charge < -0.3 is 10.6 Å². The maximum atomic E-state index is 5.89. The van der Waals surface area contributed by atoms with E-state index in [-0.39, 0.29) is 6.04 Å². The van der Waals surface area contributed by atoms with Gasteiger partial charge in [0.05, 0.1) is 0 Å². The van der Waals surface area contributed by atoms with E-state index in [4.69, 9.17) is 5.73 Å². The lowest BCUT2D eigenvalue weighted by molar-refractivity contribution is 0.809. The van der Waals surface area contributed by atoms with E-state index in [0.29, 0.717) is 0 Å². The van der Waals surface area contributed by atoms with Crippen molar-refractivity contribution in [1.29, 1.82) is 0 Å². The van der Waals surface area contributed by atoms with Gasteiger partial charge in [-0.1, -0.05) is 30.3 Å². The molecule has 2 N–H and O–H groups in total. The van der Waals surface area contributed by atoms with Crippen LogP contribution in [0, 0.1) is 0 Å². The molecule has 3 heteroatoms. The van der Waals surface area contributed by atoms with Gasteiger partial charge in [0.1, 0.15) is 5.82 Å². The van der Waals surface area contributed by atoms with Crippen LogP contribution in [-0.2, 0) is 6.54 Å². The highest BCUT2D eigenvalue weighted by atomic mass is 15.2. The second-order valence-electron chi connectivity index (χ2n) is 4.58. The van der Waals surface area contributed by atoms with Gasteiger partial charge in [0, 0.05) is 25.8 Å². The summed E-state index contributed by atoms with van der Waals surface area (Å²) in [6.07, 6.45) is 1.82. The predicted molar refractivity (Wildman–Crippen MR) is 75.4 cm³/mol. The van der Waals surface area contributed by atoms with Gasteiger partial charge in [0.2, 0.25) is 0 Å². The number of benzene rings is 1. The van der Waals surface area contributed by atoms with Crippen molar-refractivity contribution in [3.63, 3.8) is 0 Å². The molecule has 2 aromatic rings. The number of rotatable bonds is 4. The summed E-state index contributed by atoms with van der Waals surface area (Å²) >= 11 is 0. The van der Waals surface area contributed by atoms with E-state index in [2.05, 4.69) is 34.1 Å². The number of anilines is 1. The zero-order valence-corrected chi connectivity index (χ0v) is 10.9. The Hall–Kier alpha value is -1.87. The van der Waals surface area contributed by atoms with Crippen LogP contribution in [0.4, 0.5) is 5.82 Å². The number of nitrogens with zero attached hydrogens (tertiary/aromatic N) is 2. The van der Waals surface area contributed by atoms with Crippen LogP contribution in [0.2, 0.25) is 0 Å². The minimum Gasteiger partial charge on any atom is -0.355 e. The number of pyridine rings is 1. The molecule has 0 spiro atoms. The van der Waals surface area contributed by atoms with Crippen LogP contribution in [0.5, 0.6) is 0 Å². The van der Waals surface area contributed by atoms with Crippen LogP contribution in [0.15, 0.2) is 48.7 Å². The molecule has 0 saturated carbocycles. The molecule has 1 aromatic heterocycles. The molecule has 0 aliphatic carbocycles. The summed E-state index contributed by atoms with van der Waals surface area (Å²) < 4.78 is 0. The summed E-state index contributed by atoms with van der Waals surface area (Å²) in [6.45, 7) is 2.83. The minimum absolute atomic E-state index is 0.0388. The van der Waals surface area contributed by atoms with E-state index in [1.54, 1.807) is 0 Å². The summed E-state index contributed by atoms with van der Waals surface area (Å²) in [7, 11) is 2.04. The van der Waals surface area contributed by atoms with E-state index in [1.807, 2.05) is 38.4 Å². The first-order valence-electron chi connectivity index (χ1n) is 6.13. The largest absolute Gasteiger partial charge is 0.355 e. The summed E-state index contributed by atoms with van der Waals surface area (Å²) in [4.78, 5) is 6.51. The molecule has 0 unspecified atom stereocenters.